The van der Waals surface area contributed by atoms with Crippen LogP contribution in [0.4, 0.5) is 0 Å². The van der Waals surface area contributed by atoms with E-state index in [4.69, 9.17) is 0 Å². The zero-order valence-electron chi connectivity index (χ0n) is 10.5. The van der Waals surface area contributed by atoms with Crippen LogP contribution in [-0.4, -0.2) is 11.2 Å². The predicted octanol–water partition coefficient (Wildman–Crippen LogP) is 3.17. The van der Waals surface area contributed by atoms with E-state index in [-0.39, 0.29) is 6.10 Å². The van der Waals surface area contributed by atoms with E-state index >= 15 is 0 Å². The first kappa shape index (κ1) is 12.3. The molecule has 15 heavy (non-hydrogen) atoms. The van der Waals surface area contributed by atoms with Gasteiger partial charge in [-0.05, 0) is 49.8 Å². The van der Waals surface area contributed by atoms with Gasteiger partial charge in [0.2, 0.25) is 0 Å². The van der Waals surface area contributed by atoms with Crippen molar-refractivity contribution in [2.24, 2.45) is 5.92 Å². The third-order valence-corrected chi connectivity index (χ3v) is 3.02. The van der Waals surface area contributed by atoms with Crippen molar-refractivity contribution in [1.82, 2.24) is 0 Å². The van der Waals surface area contributed by atoms with Gasteiger partial charge in [0, 0.05) is 0 Å². The molecule has 1 rings (SSSR count). The van der Waals surface area contributed by atoms with Gasteiger partial charge in [-0.2, -0.15) is 0 Å². The molecule has 1 aromatic rings. The molecule has 0 saturated carbocycles. The Labute approximate surface area is 93.1 Å². The van der Waals surface area contributed by atoms with Gasteiger partial charge in [-0.1, -0.05) is 31.5 Å². The van der Waals surface area contributed by atoms with E-state index in [0.29, 0.717) is 5.92 Å². The zero-order chi connectivity index (χ0) is 11.6. The Hall–Kier alpha value is -0.820. The average molecular weight is 206 g/mol. The lowest BCUT2D eigenvalue weighted by atomic mass is 9.92. The van der Waals surface area contributed by atoms with E-state index in [1.54, 1.807) is 0 Å². The maximum absolute atomic E-state index is 9.90. The Morgan fingerprint density at radius 1 is 1.07 bits per heavy atom. The molecule has 0 fully saturated rings. The number of aliphatic hydroxyl groups excluding tert-OH is 1. The molecule has 0 radical (unpaired) electrons. The number of aryl methyl sites for hydroxylation is 3. The first-order valence-electron chi connectivity index (χ1n) is 5.66. The topological polar surface area (TPSA) is 20.2 Å². The van der Waals surface area contributed by atoms with E-state index in [9.17, 15) is 5.11 Å². The van der Waals surface area contributed by atoms with Gasteiger partial charge in [-0.25, -0.2) is 0 Å². The van der Waals surface area contributed by atoms with E-state index < -0.39 is 0 Å². The minimum Gasteiger partial charge on any atom is -0.393 e. The van der Waals surface area contributed by atoms with Crippen LogP contribution in [-0.2, 0) is 6.42 Å². The van der Waals surface area contributed by atoms with Gasteiger partial charge in [0.05, 0.1) is 6.10 Å². The summed E-state index contributed by atoms with van der Waals surface area (Å²) in [5.74, 6) is 0.324. The van der Waals surface area contributed by atoms with E-state index in [2.05, 4.69) is 46.8 Å². The molecule has 1 atom stereocenters. The van der Waals surface area contributed by atoms with Crippen molar-refractivity contribution >= 4 is 0 Å². The fourth-order valence-corrected chi connectivity index (χ4v) is 1.98. The summed E-state index contributed by atoms with van der Waals surface area (Å²) >= 11 is 0. The van der Waals surface area contributed by atoms with Gasteiger partial charge in [0.1, 0.15) is 0 Å². The molecule has 0 saturated heterocycles. The maximum Gasteiger partial charge on any atom is 0.0603 e. The van der Waals surface area contributed by atoms with Crippen molar-refractivity contribution in [3.8, 4) is 0 Å². The van der Waals surface area contributed by atoms with Crippen LogP contribution >= 0.6 is 0 Å². The van der Waals surface area contributed by atoms with Crippen LogP contribution in [0.15, 0.2) is 12.1 Å². The van der Waals surface area contributed by atoms with Crippen LogP contribution in [0.3, 0.4) is 0 Å². The van der Waals surface area contributed by atoms with Crippen molar-refractivity contribution in [2.45, 2.75) is 47.1 Å². The number of rotatable bonds is 3. The van der Waals surface area contributed by atoms with Crippen molar-refractivity contribution in [1.29, 1.82) is 0 Å². The summed E-state index contributed by atoms with van der Waals surface area (Å²) in [7, 11) is 0. The molecule has 0 aliphatic carbocycles. The molecule has 0 aromatic heterocycles. The molecule has 0 aliphatic heterocycles. The minimum absolute atomic E-state index is 0.231. The molecule has 1 aromatic carbocycles. The highest BCUT2D eigenvalue weighted by atomic mass is 16.3. The van der Waals surface area contributed by atoms with Crippen LogP contribution in [0.25, 0.3) is 0 Å². The summed E-state index contributed by atoms with van der Waals surface area (Å²) in [5.41, 5.74) is 5.20. The van der Waals surface area contributed by atoms with Gasteiger partial charge in [-0.15, -0.1) is 0 Å². The largest absolute Gasteiger partial charge is 0.393 e. The molecule has 0 bridgehead atoms. The quantitative estimate of drug-likeness (QED) is 0.805. The summed E-state index contributed by atoms with van der Waals surface area (Å²) in [4.78, 5) is 0. The summed E-state index contributed by atoms with van der Waals surface area (Å²) in [5, 5.41) is 9.90. The normalized spacial score (nSPS) is 13.3. The fourth-order valence-electron chi connectivity index (χ4n) is 1.98. The van der Waals surface area contributed by atoms with E-state index in [0.717, 1.165) is 6.42 Å². The van der Waals surface area contributed by atoms with E-state index in [1.807, 2.05) is 0 Å². The molecule has 1 nitrogen and oxygen atoms in total. The van der Waals surface area contributed by atoms with Crippen LogP contribution in [0.5, 0.6) is 0 Å². The average Bonchev–Trinajstić information content (AvgIpc) is 2.10. The standard InChI is InChI=1S/C14H22O/c1-9(2)14(15)8-13-11(4)6-10(3)7-12(13)5/h6-7,9,14-15H,8H2,1-5H3. The van der Waals surface area contributed by atoms with Crippen molar-refractivity contribution in [3.63, 3.8) is 0 Å². The van der Waals surface area contributed by atoms with E-state index in [1.165, 1.54) is 22.3 Å². The predicted molar refractivity (Wildman–Crippen MR) is 65.2 cm³/mol. The number of benzene rings is 1. The first-order valence-corrected chi connectivity index (χ1v) is 5.66. The lowest BCUT2D eigenvalue weighted by Crippen LogP contribution is -2.18. The third kappa shape index (κ3) is 3.07. The summed E-state index contributed by atoms with van der Waals surface area (Å²) < 4.78 is 0. The van der Waals surface area contributed by atoms with Gasteiger partial charge >= 0.3 is 0 Å². The number of hydrogen-bond donors (Lipinski definition) is 1. The van der Waals surface area contributed by atoms with Crippen LogP contribution in [0, 0.1) is 26.7 Å². The van der Waals surface area contributed by atoms with Crippen molar-refractivity contribution in [3.05, 3.63) is 34.4 Å². The smallest absolute Gasteiger partial charge is 0.0603 e. The van der Waals surface area contributed by atoms with Gasteiger partial charge in [0.25, 0.3) is 0 Å². The second-order valence-corrected chi connectivity index (χ2v) is 4.89. The fraction of sp³-hybridized carbons (Fsp3) is 0.571. The number of aliphatic hydroxyl groups is 1. The number of hydrogen-bond acceptors (Lipinski definition) is 1. The Morgan fingerprint density at radius 3 is 1.93 bits per heavy atom. The molecule has 1 unspecified atom stereocenters. The highest BCUT2D eigenvalue weighted by Gasteiger charge is 2.13. The highest BCUT2D eigenvalue weighted by Crippen LogP contribution is 2.20. The molecule has 0 amide bonds. The van der Waals surface area contributed by atoms with Crippen LogP contribution < -0.4 is 0 Å². The minimum atomic E-state index is -0.231. The second kappa shape index (κ2) is 4.80. The van der Waals surface area contributed by atoms with Crippen LogP contribution in [0.2, 0.25) is 0 Å². The molecule has 0 heterocycles. The SMILES string of the molecule is Cc1cc(C)c(CC(O)C(C)C)c(C)c1. The molecular formula is C14H22O. The van der Waals surface area contributed by atoms with Gasteiger partial charge in [-0.3, -0.25) is 0 Å². The van der Waals surface area contributed by atoms with Gasteiger partial charge in [0.15, 0.2) is 0 Å². The second-order valence-electron chi connectivity index (χ2n) is 4.89. The summed E-state index contributed by atoms with van der Waals surface area (Å²) in [6.07, 6.45) is 0.542. The molecule has 84 valence electrons. The highest BCUT2D eigenvalue weighted by molar-refractivity contribution is 5.37. The Bertz CT molecular complexity index is 316. The zero-order valence-corrected chi connectivity index (χ0v) is 10.5. The lowest BCUT2D eigenvalue weighted by Gasteiger charge is -2.18. The molecule has 0 spiro atoms. The molecule has 0 aliphatic rings. The Morgan fingerprint density at radius 2 is 1.53 bits per heavy atom. The van der Waals surface area contributed by atoms with Crippen molar-refractivity contribution < 1.29 is 5.11 Å². The van der Waals surface area contributed by atoms with Gasteiger partial charge < -0.3 is 5.11 Å². The Balaban J connectivity index is 2.95. The summed E-state index contributed by atoms with van der Waals surface area (Å²) in [6.45, 7) is 10.5. The monoisotopic (exact) mass is 206 g/mol. The maximum atomic E-state index is 9.90. The first-order chi connectivity index (χ1) is 6.91. The summed E-state index contributed by atoms with van der Waals surface area (Å²) in [6, 6.07) is 4.38. The molecule has 1 N–H and O–H groups in total. The van der Waals surface area contributed by atoms with Crippen molar-refractivity contribution in [2.75, 3.05) is 0 Å². The van der Waals surface area contributed by atoms with Crippen LogP contribution in [0.1, 0.15) is 36.1 Å². The molecular weight excluding hydrogens is 184 g/mol. The third-order valence-electron chi connectivity index (χ3n) is 3.02. The lowest BCUT2D eigenvalue weighted by molar-refractivity contribution is 0.125. The molecule has 1 heteroatoms. The Kier molecular flexibility index (Phi) is 3.92.